The van der Waals surface area contributed by atoms with Gasteiger partial charge in [-0.2, -0.15) is 0 Å². The average Bonchev–Trinajstić information content (AvgIpc) is 2.71. The number of thiophene rings is 1. The van der Waals surface area contributed by atoms with Crippen LogP contribution in [0.5, 0.6) is 0 Å². The fourth-order valence-electron chi connectivity index (χ4n) is 1.53. The van der Waals surface area contributed by atoms with Crippen molar-refractivity contribution in [2.75, 3.05) is 26.4 Å². The van der Waals surface area contributed by atoms with Crippen LogP contribution in [0.15, 0.2) is 11.1 Å². The van der Waals surface area contributed by atoms with Gasteiger partial charge in [-0.05, 0) is 38.2 Å². The first kappa shape index (κ1) is 14.1. The Bertz CT molecular complexity index is 539. The van der Waals surface area contributed by atoms with Gasteiger partial charge in [-0.15, -0.1) is 23.1 Å². The Morgan fingerprint density at radius 2 is 2.17 bits per heavy atom. The van der Waals surface area contributed by atoms with E-state index in [1.165, 1.54) is 4.88 Å². The smallest absolute Gasteiger partial charge is 0.224 e. The van der Waals surface area contributed by atoms with Gasteiger partial charge >= 0.3 is 0 Å². The number of halogens is 1. The van der Waals surface area contributed by atoms with Crippen LogP contribution < -0.4 is 0 Å². The van der Waals surface area contributed by atoms with Crippen molar-refractivity contribution < 1.29 is 0 Å². The van der Waals surface area contributed by atoms with E-state index in [1.54, 1.807) is 23.1 Å². The Morgan fingerprint density at radius 1 is 1.39 bits per heavy atom. The molecule has 2 rings (SSSR count). The largest absolute Gasteiger partial charge is 0.309 e. The predicted octanol–water partition coefficient (Wildman–Crippen LogP) is 3.56. The molecule has 0 bridgehead atoms. The molecule has 0 saturated carbocycles. The van der Waals surface area contributed by atoms with Gasteiger partial charge in [-0.1, -0.05) is 6.92 Å². The molecule has 0 saturated heterocycles. The zero-order chi connectivity index (χ0) is 13.1. The van der Waals surface area contributed by atoms with Crippen LogP contribution in [0.1, 0.15) is 11.8 Å². The molecule has 3 nitrogen and oxygen atoms in total. The van der Waals surface area contributed by atoms with Crippen molar-refractivity contribution in [2.24, 2.45) is 0 Å². The van der Waals surface area contributed by atoms with E-state index in [0.29, 0.717) is 5.28 Å². The summed E-state index contributed by atoms with van der Waals surface area (Å²) in [7, 11) is 4.14. The normalized spacial score (nSPS) is 11.6. The van der Waals surface area contributed by atoms with Gasteiger partial charge < -0.3 is 4.90 Å². The second-order valence-electron chi connectivity index (χ2n) is 4.23. The van der Waals surface area contributed by atoms with E-state index >= 15 is 0 Å². The fraction of sp³-hybridized carbons (Fsp3) is 0.500. The minimum Gasteiger partial charge on any atom is -0.309 e. The zero-order valence-corrected chi connectivity index (χ0v) is 13.1. The Balaban J connectivity index is 2.27. The lowest BCUT2D eigenvalue weighted by Gasteiger charge is -2.08. The van der Waals surface area contributed by atoms with Crippen LogP contribution in [0, 0.1) is 0 Å². The molecule has 0 aliphatic heterocycles. The Hall–Kier alpha value is -0.360. The topological polar surface area (TPSA) is 29.0 Å². The van der Waals surface area contributed by atoms with Gasteiger partial charge in [0, 0.05) is 22.6 Å². The maximum absolute atomic E-state index is 5.98. The lowest BCUT2D eigenvalue weighted by atomic mass is 10.3. The first-order valence-corrected chi connectivity index (χ1v) is 8.01. The molecule has 0 fully saturated rings. The second-order valence-corrected chi connectivity index (χ2v) is 6.77. The average molecular weight is 302 g/mol. The van der Waals surface area contributed by atoms with E-state index in [-0.39, 0.29) is 0 Å². The molecule has 0 aromatic carbocycles. The van der Waals surface area contributed by atoms with Crippen LogP contribution in [-0.2, 0) is 6.42 Å². The molecule has 98 valence electrons. The number of hydrogen-bond donors (Lipinski definition) is 0. The van der Waals surface area contributed by atoms with Gasteiger partial charge in [0.15, 0.2) is 0 Å². The van der Waals surface area contributed by atoms with Crippen LogP contribution in [0.2, 0.25) is 5.28 Å². The maximum atomic E-state index is 5.98. The molecule has 0 unspecified atom stereocenters. The van der Waals surface area contributed by atoms with Crippen LogP contribution in [0.3, 0.4) is 0 Å². The van der Waals surface area contributed by atoms with E-state index in [4.69, 9.17) is 11.6 Å². The summed E-state index contributed by atoms with van der Waals surface area (Å²) in [5.74, 6) is 1.01. The molecule has 0 aliphatic rings. The lowest BCUT2D eigenvalue weighted by Crippen LogP contribution is -2.14. The standard InChI is InChI=1S/C12H16ClN3S2/c1-4-8-7-9-10(17-6-5-16(2)3)14-12(13)15-11(9)18-8/h7H,4-6H2,1-3H3. The van der Waals surface area contributed by atoms with Gasteiger partial charge in [-0.3, -0.25) is 0 Å². The molecule has 0 spiro atoms. The molecule has 0 amide bonds. The third-order valence-electron chi connectivity index (χ3n) is 2.51. The molecule has 2 aromatic heterocycles. The first-order valence-electron chi connectivity index (χ1n) is 5.83. The van der Waals surface area contributed by atoms with Gasteiger partial charge in [-0.25, -0.2) is 9.97 Å². The van der Waals surface area contributed by atoms with Crippen molar-refractivity contribution in [3.8, 4) is 0 Å². The number of rotatable bonds is 5. The molecule has 0 N–H and O–H groups in total. The number of aryl methyl sites for hydroxylation is 1. The number of fused-ring (bicyclic) bond motifs is 1. The third-order valence-corrected chi connectivity index (χ3v) is 4.82. The Kier molecular flexibility index (Phi) is 4.84. The lowest BCUT2D eigenvalue weighted by molar-refractivity contribution is 0.437. The van der Waals surface area contributed by atoms with Crippen LogP contribution in [0.25, 0.3) is 10.2 Å². The highest BCUT2D eigenvalue weighted by molar-refractivity contribution is 7.99. The van der Waals surface area contributed by atoms with Crippen molar-refractivity contribution in [3.05, 3.63) is 16.2 Å². The first-order chi connectivity index (χ1) is 8.60. The maximum Gasteiger partial charge on any atom is 0.224 e. The highest BCUT2D eigenvalue weighted by Crippen LogP contribution is 2.32. The molecule has 2 aromatic rings. The Morgan fingerprint density at radius 3 is 2.83 bits per heavy atom. The molecule has 2 heterocycles. The van der Waals surface area contributed by atoms with E-state index in [2.05, 4.69) is 42.0 Å². The summed E-state index contributed by atoms with van der Waals surface area (Å²) in [5.41, 5.74) is 0. The minimum absolute atomic E-state index is 0.347. The summed E-state index contributed by atoms with van der Waals surface area (Å²) in [6.07, 6.45) is 1.03. The van der Waals surface area contributed by atoms with Crippen molar-refractivity contribution in [2.45, 2.75) is 18.4 Å². The van der Waals surface area contributed by atoms with Gasteiger partial charge in [0.2, 0.25) is 5.28 Å². The van der Waals surface area contributed by atoms with Gasteiger partial charge in [0.05, 0.1) is 0 Å². The van der Waals surface area contributed by atoms with E-state index < -0.39 is 0 Å². The second kappa shape index (κ2) is 6.19. The molecule has 0 atom stereocenters. The summed E-state index contributed by atoms with van der Waals surface area (Å²) in [6.45, 7) is 3.18. The van der Waals surface area contributed by atoms with E-state index in [1.807, 2.05) is 0 Å². The quantitative estimate of drug-likeness (QED) is 0.480. The molecular weight excluding hydrogens is 286 g/mol. The summed E-state index contributed by atoms with van der Waals surface area (Å²) in [6, 6.07) is 2.19. The molecule has 0 radical (unpaired) electrons. The van der Waals surface area contributed by atoms with E-state index in [0.717, 1.165) is 34.0 Å². The van der Waals surface area contributed by atoms with Crippen LogP contribution >= 0.6 is 34.7 Å². The summed E-state index contributed by atoms with van der Waals surface area (Å²) < 4.78 is 0. The third kappa shape index (κ3) is 3.35. The number of aromatic nitrogens is 2. The monoisotopic (exact) mass is 301 g/mol. The minimum atomic E-state index is 0.347. The van der Waals surface area contributed by atoms with Crippen molar-refractivity contribution >= 4 is 44.9 Å². The van der Waals surface area contributed by atoms with Crippen LogP contribution in [-0.4, -0.2) is 41.3 Å². The summed E-state index contributed by atoms with van der Waals surface area (Å²) in [4.78, 5) is 13.1. The van der Waals surface area contributed by atoms with Gasteiger partial charge in [0.1, 0.15) is 9.86 Å². The fourth-order valence-corrected chi connectivity index (χ4v) is 3.94. The van der Waals surface area contributed by atoms with E-state index in [9.17, 15) is 0 Å². The molecule has 0 aliphatic carbocycles. The number of thioether (sulfide) groups is 1. The van der Waals surface area contributed by atoms with Crippen molar-refractivity contribution in [1.29, 1.82) is 0 Å². The number of hydrogen-bond acceptors (Lipinski definition) is 5. The summed E-state index contributed by atoms with van der Waals surface area (Å²) >= 11 is 9.43. The molecule has 6 heteroatoms. The highest BCUT2D eigenvalue weighted by atomic mass is 35.5. The van der Waals surface area contributed by atoms with Gasteiger partial charge in [0.25, 0.3) is 0 Å². The van der Waals surface area contributed by atoms with Crippen molar-refractivity contribution in [3.63, 3.8) is 0 Å². The SMILES string of the molecule is CCc1cc2c(SCCN(C)C)nc(Cl)nc2s1. The number of nitrogens with zero attached hydrogens (tertiary/aromatic N) is 3. The molecule has 18 heavy (non-hydrogen) atoms. The van der Waals surface area contributed by atoms with Crippen molar-refractivity contribution in [1.82, 2.24) is 14.9 Å². The molecular formula is C12H16ClN3S2. The van der Waals surface area contributed by atoms with Crippen LogP contribution in [0.4, 0.5) is 0 Å². The zero-order valence-electron chi connectivity index (χ0n) is 10.7. The summed E-state index contributed by atoms with van der Waals surface area (Å²) in [5, 5.41) is 2.49. The highest BCUT2D eigenvalue weighted by Gasteiger charge is 2.11. The predicted molar refractivity (Wildman–Crippen MR) is 81.1 cm³/mol. The Labute approximate surface area is 121 Å².